The number of amides is 3. The molecular formula is C4H9N3O3Y-2. The number of nitrogens with one attached hydrogen (secondary N) is 3. The number of hydrogen-bond donors (Lipinski definition) is 1. The molecule has 11 heavy (non-hydrogen) atoms. The van der Waals surface area contributed by atoms with Crippen molar-refractivity contribution in [2.75, 3.05) is 14.2 Å². The summed E-state index contributed by atoms with van der Waals surface area (Å²) in [6.07, 6.45) is -0.995. The molecule has 0 unspecified atom stereocenters. The molecule has 0 aromatic heterocycles. The molecule has 0 heterocycles. The van der Waals surface area contributed by atoms with Crippen molar-refractivity contribution in [1.29, 1.82) is 0 Å². The monoisotopic (exact) mass is 236 g/mol. The second kappa shape index (κ2) is 12.3. The second-order valence-corrected chi connectivity index (χ2v) is 1.07. The molecule has 0 saturated carbocycles. The zero-order chi connectivity index (χ0) is 8.57. The zero-order valence-corrected chi connectivity index (χ0v) is 9.14. The van der Waals surface area contributed by atoms with Crippen LogP contribution in [-0.4, -0.2) is 26.3 Å². The van der Waals surface area contributed by atoms with Gasteiger partial charge in [-0.3, -0.25) is 9.59 Å². The van der Waals surface area contributed by atoms with E-state index in [9.17, 15) is 9.59 Å². The van der Waals surface area contributed by atoms with Crippen LogP contribution < -0.4 is 5.32 Å². The molecule has 7 heteroatoms. The maximum atomic E-state index is 9.37. The predicted octanol–water partition coefficient (Wildman–Crippen LogP) is 1.18. The van der Waals surface area contributed by atoms with Crippen LogP contribution in [0.2, 0.25) is 0 Å². The minimum absolute atomic E-state index is 0. The van der Waals surface area contributed by atoms with Gasteiger partial charge in [0.2, 0.25) is 6.09 Å². The van der Waals surface area contributed by atoms with Gasteiger partial charge in [0, 0.05) is 32.7 Å². The first-order chi connectivity index (χ1) is 4.54. The van der Waals surface area contributed by atoms with Crippen LogP contribution in [0.25, 0.3) is 11.5 Å². The van der Waals surface area contributed by atoms with Crippen molar-refractivity contribution in [3.63, 3.8) is 0 Å². The standard InChI is InChI=1S/C2H6N2O.C2H5NO2.Y/c1-4-2(3)5;1-5-2(3)4;/h1H3,(H3,3,4,5);1H3,(H2,3,4);/p-2. The fourth-order valence-electron chi connectivity index (χ4n) is 0. The van der Waals surface area contributed by atoms with Crippen molar-refractivity contribution in [1.82, 2.24) is 5.32 Å². The fraction of sp³-hybridized carbons (Fsp3) is 0.500. The Hall–Kier alpha value is -0.356. The van der Waals surface area contributed by atoms with Gasteiger partial charge in [-0.15, -0.1) is 0 Å². The van der Waals surface area contributed by atoms with Gasteiger partial charge in [-0.1, -0.05) is 7.05 Å². The summed E-state index contributed by atoms with van der Waals surface area (Å²) < 4.78 is 3.78. The smallest absolute Gasteiger partial charge is 0.226 e. The number of rotatable bonds is 0. The van der Waals surface area contributed by atoms with Crippen molar-refractivity contribution in [2.45, 2.75) is 0 Å². The van der Waals surface area contributed by atoms with E-state index in [0.29, 0.717) is 0 Å². The third-order valence-corrected chi connectivity index (χ3v) is 0.412. The largest absolute Gasteiger partial charge is 0.632 e. The van der Waals surface area contributed by atoms with Gasteiger partial charge in [0.25, 0.3) is 0 Å². The number of carbonyl (C=O) groups is 2. The first kappa shape index (κ1) is 16.9. The summed E-state index contributed by atoms with van der Waals surface area (Å²) in [5.41, 5.74) is 12.0. The van der Waals surface area contributed by atoms with E-state index < -0.39 is 12.1 Å². The summed E-state index contributed by atoms with van der Waals surface area (Å²) in [5, 5.41) is 2.06. The predicted molar refractivity (Wildman–Crippen MR) is 35.5 cm³/mol. The van der Waals surface area contributed by atoms with Crippen LogP contribution in [0.3, 0.4) is 0 Å². The summed E-state index contributed by atoms with van der Waals surface area (Å²) in [6, 6.07) is -0.745. The third kappa shape index (κ3) is 42.4. The first-order valence-electron chi connectivity index (χ1n) is 2.27. The Morgan fingerprint density at radius 2 is 1.55 bits per heavy atom. The molecule has 0 aliphatic carbocycles. The molecule has 0 aromatic rings. The van der Waals surface area contributed by atoms with Crippen molar-refractivity contribution >= 4 is 12.1 Å². The summed E-state index contributed by atoms with van der Waals surface area (Å²) >= 11 is 0. The van der Waals surface area contributed by atoms with Crippen LogP contribution in [0.4, 0.5) is 9.59 Å². The summed E-state index contributed by atoms with van der Waals surface area (Å²) in [4.78, 5) is 18.6. The van der Waals surface area contributed by atoms with E-state index in [4.69, 9.17) is 11.5 Å². The molecule has 0 atom stereocenters. The number of hydrogen-bond acceptors (Lipinski definition) is 3. The minimum Gasteiger partial charge on any atom is -0.632 e. The van der Waals surface area contributed by atoms with Crippen molar-refractivity contribution < 1.29 is 47.0 Å². The van der Waals surface area contributed by atoms with E-state index in [1.165, 1.54) is 7.05 Å². The first-order valence-corrected chi connectivity index (χ1v) is 2.27. The average Bonchev–Trinajstić information content (AvgIpc) is 1.89. The summed E-state index contributed by atoms with van der Waals surface area (Å²) in [7, 11) is 2.57. The molecular weight excluding hydrogens is 227 g/mol. The Morgan fingerprint density at radius 1 is 1.36 bits per heavy atom. The quantitative estimate of drug-likeness (QED) is 0.682. The van der Waals surface area contributed by atoms with Crippen molar-refractivity contribution in [3.05, 3.63) is 11.5 Å². The van der Waals surface area contributed by atoms with Gasteiger partial charge in [-0.25, -0.2) is 0 Å². The van der Waals surface area contributed by atoms with Gasteiger partial charge < -0.3 is 21.5 Å². The fourth-order valence-corrected chi connectivity index (χ4v) is 0. The number of carbonyl (C=O) groups excluding carboxylic acids is 2. The normalized spacial score (nSPS) is 6.00. The Kier molecular flexibility index (Phi) is 19.0. The molecule has 3 amide bonds. The van der Waals surface area contributed by atoms with Gasteiger partial charge in [0.05, 0.1) is 7.11 Å². The van der Waals surface area contributed by atoms with Gasteiger partial charge in [0.15, 0.2) is 0 Å². The molecule has 3 N–H and O–H groups in total. The topological polar surface area (TPSA) is 103 Å². The maximum Gasteiger partial charge on any atom is 0.226 e. The van der Waals surface area contributed by atoms with Gasteiger partial charge in [-0.2, -0.15) is 0 Å². The zero-order valence-electron chi connectivity index (χ0n) is 6.30. The summed E-state index contributed by atoms with van der Waals surface area (Å²) in [6.45, 7) is 0. The molecule has 0 saturated heterocycles. The molecule has 0 bridgehead atoms. The van der Waals surface area contributed by atoms with Gasteiger partial charge in [-0.05, 0) is 0 Å². The summed E-state index contributed by atoms with van der Waals surface area (Å²) in [5.74, 6) is 0. The van der Waals surface area contributed by atoms with Gasteiger partial charge >= 0.3 is 0 Å². The minimum atomic E-state index is -0.995. The van der Waals surface area contributed by atoms with Crippen LogP contribution in [0.15, 0.2) is 0 Å². The third-order valence-electron chi connectivity index (χ3n) is 0.412. The van der Waals surface area contributed by atoms with Crippen molar-refractivity contribution in [3.8, 4) is 0 Å². The van der Waals surface area contributed by atoms with E-state index in [0.717, 1.165) is 7.11 Å². The molecule has 0 rings (SSSR count). The van der Waals surface area contributed by atoms with Gasteiger partial charge in [0.1, 0.15) is 6.03 Å². The SMILES string of the molecule is CNC([NH-])=O.COC([NH-])=O.[Y]. The molecule has 1 radical (unpaired) electrons. The van der Waals surface area contributed by atoms with E-state index in [1.807, 2.05) is 0 Å². The number of urea groups is 1. The molecule has 0 aliphatic rings. The molecule has 0 spiro atoms. The van der Waals surface area contributed by atoms with E-state index in [1.54, 1.807) is 0 Å². The van der Waals surface area contributed by atoms with Crippen LogP contribution in [0.5, 0.6) is 0 Å². The number of ether oxygens (including phenoxy) is 1. The maximum absolute atomic E-state index is 9.37. The Bertz CT molecular complexity index is 105. The van der Waals surface area contributed by atoms with Crippen LogP contribution in [0.1, 0.15) is 0 Å². The van der Waals surface area contributed by atoms with E-state index in [-0.39, 0.29) is 32.7 Å². The van der Waals surface area contributed by atoms with E-state index in [2.05, 4.69) is 10.1 Å². The Labute approximate surface area is 89.9 Å². The van der Waals surface area contributed by atoms with Crippen molar-refractivity contribution in [2.24, 2.45) is 0 Å². The molecule has 6 nitrogen and oxygen atoms in total. The molecule has 63 valence electrons. The molecule has 0 aliphatic heterocycles. The van der Waals surface area contributed by atoms with Crippen LogP contribution in [-0.2, 0) is 37.4 Å². The van der Waals surface area contributed by atoms with Crippen LogP contribution >= 0.6 is 0 Å². The van der Waals surface area contributed by atoms with Crippen LogP contribution in [0, 0.1) is 0 Å². The number of methoxy groups -OCH3 is 1. The Morgan fingerprint density at radius 3 is 1.55 bits per heavy atom. The average molecular weight is 236 g/mol. The second-order valence-electron chi connectivity index (χ2n) is 1.07. The molecule has 0 fully saturated rings. The van der Waals surface area contributed by atoms with E-state index >= 15 is 0 Å². The molecule has 0 aromatic carbocycles. The Balaban J connectivity index is -0.000000107.